The Hall–Kier alpha value is -2.68. The molecule has 0 saturated carbocycles. The number of thiophene rings is 1. The quantitative estimate of drug-likeness (QED) is 0.660. The van der Waals surface area contributed by atoms with E-state index in [0.29, 0.717) is 29.0 Å². The van der Waals surface area contributed by atoms with Crippen molar-refractivity contribution in [2.45, 2.75) is 25.8 Å². The van der Waals surface area contributed by atoms with E-state index in [0.717, 1.165) is 22.6 Å². The molecule has 0 spiro atoms. The van der Waals surface area contributed by atoms with Crippen LogP contribution in [0.3, 0.4) is 0 Å². The van der Waals surface area contributed by atoms with Gasteiger partial charge in [0.2, 0.25) is 0 Å². The van der Waals surface area contributed by atoms with E-state index in [-0.39, 0.29) is 5.56 Å². The number of amides is 1. The average molecular weight is 345 g/mol. The van der Waals surface area contributed by atoms with Crippen LogP contribution in [0.15, 0.2) is 17.1 Å². The summed E-state index contributed by atoms with van der Waals surface area (Å²) in [6.07, 6.45) is 2.17. The molecular formula is C15H15N5O3S. The van der Waals surface area contributed by atoms with E-state index < -0.39 is 12.1 Å². The smallest absolute Gasteiger partial charge is 0.407 e. The summed E-state index contributed by atoms with van der Waals surface area (Å²) in [6, 6.07) is 1.47. The minimum Gasteiger partial charge on any atom is -0.465 e. The fourth-order valence-electron chi connectivity index (χ4n) is 3.13. The maximum absolute atomic E-state index is 12.4. The Bertz CT molecular complexity index is 989. The van der Waals surface area contributed by atoms with E-state index in [1.165, 1.54) is 16.2 Å². The van der Waals surface area contributed by atoms with Crippen molar-refractivity contribution in [3.05, 3.63) is 34.1 Å². The lowest BCUT2D eigenvalue weighted by atomic mass is 10.2. The first kappa shape index (κ1) is 14.9. The number of carboxylic acid groups (broad SMARTS) is 1. The minimum atomic E-state index is -0.986. The monoisotopic (exact) mass is 345 g/mol. The normalized spacial score (nSPS) is 17.7. The Morgan fingerprint density at radius 2 is 2.33 bits per heavy atom. The molecule has 9 heteroatoms. The SMILES string of the molecule is Cc1[nH]ncc1-c1cc2nc([C@@H]3CCCN3C(=O)O)[nH]c(=O)c2s1. The lowest BCUT2D eigenvalue weighted by Crippen LogP contribution is -2.30. The van der Waals surface area contributed by atoms with Gasteiger partial charge in [-0.25, -0.2) is 9.78 Å². The van der Waals surface area contributed by atoms with Crippen molar-refractivity contribution in [2.24, 2.45) is 0 Å². The third kappa shape index (κ3) is 2.28. The van der Waals surface area contributed by atoms with Crippen LogP contribution in [0.2, 0.25) is 0 Å². The second kappa shape index (κ2) is 5.45. The van der Waals surface area contributed by atoms with Gasteiger partial charge in [0.1, 0.15) is 10.5 Å². The Kier molecular flexibility index (Phi) is 3.38. The molecule has 8 nitrogen and oxygen atoms in total. The Morgan fingerprint density at radius 1 is 1.50 bits per heavy atom. The molecule has 1 fully saturated rings. The molecule has 3 aromatic heterocycles. The molecule has 0 aromatic carbocycles. The summed E-state index contributed by atoms with van der Waals surface area (Å²) in [6.45, 7) is 2.38. The highest BCUT2D eigenvalue weighted by Crippen LogP contribution is 2.34. The fraction of sp³-hybridized carbons (Fsp3) is 0.333. The summed E-state index contributed by atoms with van der Waals surface area (Å²) >= 11 is 1.36. The predicted molar refractivity (Wildman–Crippen MR) is 89.3 cm³/mol. The van der Waals surface area contributed by atoms with Crippen LogP contribution in [0.5, 0.6) is 0 Å². The third-order valence-corrected chi connectivity index (χ3v) is 5.47. The van der Waals surface area contributed by atoms with Crippen LogP contribution in [0, 0.1) is 6.92 Å². The van der Waals surface area contributed by atoms with Crippen molar-refractivity contribution in [3.63, 3.8) is 0 Å². The van der Waals surface area contributed by atoms with Gasteiger partial charge in [-0.2, -0.15) is 5.10 Å². The van der Waals surface area contributed by atoms with Gasteiger partial charge in [0.25, 0.3) is 5.56 Å². The average Bonchev–Trinajstić information content (AvgIpc) is 3.24. The zero-order valence-corrected chi connectivity index (χ0v) is 13.7. The summed E-state index contributed by atoms with van der Waals surface area (Å²) < 4.78 is 0.536. The number of carbonyl (C=O) groups is 1. The Labute approximate surface area is 140 Å². The van der Waals surface area contributed by atoms with Crippen LogP contribution in [-0.4, -0.2) is 42.8 Å². The summed E-state index contributed by atoms with van der Waals surface area (Å²) in [5.74, 6) is 0.417. The van der Waals surface area contributed by atoms with Gasteiger partial charge in [-0.3, -0.25) is 14.8 Å². The first-order valence-electron chi connectivity index (χ1n) is 7.58. The summed E-state index contributed by atoms with van der Waals surface area (Å²) in [5.41, 5.74) is 2.22. The molecule has 3 aromatic rings. The van der Waals surface area contributed by atoms with E-state index >= 15 is 0 Å². The van der Waals surface area contributed by atoms with E-state index in [1.807, 2.05) is 13.0 Å². The fourth-order valence-corrected chi connectivity index (χ4v) is 4.19. The largest absolute Gasteiger partial charge is 0.465 e. The van der Waals surface area contributed by atoms with Gasteiger partial charge in [-0.05, 0) is 25.8 Å². The Morgan fingerprint density at radius 3 is 3.04 bits per heavy atom. The minimum absolute atomic E-state index is 0.232. The molecule has 1 saturated heterocycles. The maximum Gasteiger partial charge on any atom is 0.407 e. The number of aromatic nitrogens is 4. The predicted octanol–water partition coefficient (Wildman–Crippen LogP) is 2.50. The molecule has 0 radical (unpaired) electrons. The van der Waals surface area contributed by atoms with Crippen molar-refractivity contribution in [1.82, 2.24) is 25.1 Å². The molecule has 1 aliphatic rings. The molecule has 24 heavy (non-hydrogen) atoms. The molecule has 0 unspecified atom stereocenters. The zero-order chi connectivity index (χ0) is 16.8. The molecule has 0 bridgehead atoms. The van der Waals surface area contributed by atoms with E-state index in [4.69, 9.17) is 0 Å². The number of rotatable bonds is 2. The topological polar surface area (TPSA) is 115 Å². The van der Waals surface area contributed by atoms with Crippen LogP contribution in [0.25, 0.3) is 20.7 Å². The van der Waals surface area contributed by atoms with Crippen molar-refractivity contribution in [1.29, 1.82) is 0 Å². The number of hydrogen-bond donors (Lipinski definition) is 3. The summed E-state index contributed by atoms with van der Waals surface area (Å²) in [5, 5.41) is 16.2. The van der Waals surface area contributed by atoms with Crippen molar-refractivity contribution in [2.75, 3.05) is 6.54 Å². The van der Waals surface area contributed by atoms with Gasteiger partial charge in [-0.15, -0.1) is 11.3 Å². The third-order valence-electron chi connectivity index (χ3n) is 4.31. The Balaban J connectivity index is 1.81. The lowest BCUT2D eigenvalue weighted by Gasteiger charge is -2.20. The second-order valence-corrected chi connectivity index (χ2v) is 6.87. The zero-order valence-electron chi connectivity index (χ0n) is 12.9. The number of nitrogens with one attached hydrogen (secondary N) is 2. The van der Waals surface area contributed by atoms with Gasteiger partial charge in [0, 0.05) is 22.7 Å². The highest BCUT2D eigenvalue weighted by Gasteiger charge is 2.32. The number of nitrogens with zero attached hydrogens (tertiary/aromatic N) is 3. The summed E-state index contributed by atoms with van der Waals surface area (Å²) in [7, 11) is 0. The van der Waals surface area contributed by atoms with Gasteiger partial charge in [-0.1, -0.05) is 0 Å². The molecule has 3 N–H and O–H groups in total. The van der Waals surface area contributed by atoms with Crippen LogP contribution in [0.1, 0.15) is 30.4 Å². The molecular weight excluding hydrogens is 330 g/mol. The number of likely N-dealkylation sites (tertiary alicyclic amines) is 1. The lowest BCUT2D eigenvalue weighted by molar-refractivity contribution is 0.138. The van der Waals surface area contributed by atoms with E-state index in [1.54, 1.807) is 6.20 Å². The first-order chi connectivity index (χ1) is 11.5. The van der Waals surface area contributed by atoms with Crippen molar-refractivity contribution < 1.29 is 9.90 Å². The highest BCUT2D eigenvalue weighted by molar-refractivity contribution is 7.22. The number of fused-ring (bicyclic) bond motifs is 1. The summed E-state index contributed by atoms with van der Waals surface area (Å²) in [4.78, 5) is 33.3. The van der Waals surface area contributed by atoms with Gasteiger partial charge >= 0.3 is 6.09 Å². The van der Waals surface area contributed by atoms with Gasteiger partial charge in [0.05, 0.1) is 17.8 Å². The van der Waals surface area contributed by atoms with Crippen molar-refractivity contribution in [3.8, 4) is 10.4 Å². The number of aromatic amines is 2. The maximum atomic E-state index is 12.4. The molecule has 124 valence electrons. The van der Waals surface area contributed by atoms with Gasteiger partial charge < -0.3 is 10.1 Å². The van der Waals surface area contributed by atoms with Crippen molar-refractivity contribution >= 4 is 27.6 Å². The van der Waals surface area contributed by atoms with E-state index in [2.05, 4.69) is 20.2 Å². The molecule has 0 aliphatic carbocycles. The van der Waals surface area contributed by atoms with Gasteiger partial charge in [0.15, 0.2) is 0 Å². The number of hydrogen-bond acceptors (Lipinski definition) is 5. The van der Waals surface area contributed by atoms with Crippen LogP contribution in [0.4, 0.5) is 4.79 Å². The second-order valence-electron chi connectivity index (χ2n) is 5.82. The van der Waals surface area contributed by atoms with Crippen LogP contribution >= 0.6 is 11.3 Å². The van der Waals surface area contributed by atoms with Crippen LogP contribution < -0.4 is 5.56 Å². The number of H-pyrrole nitrogens is 2. The highest BCUT2D eigenvalue weighted by atomic mass is 32.1. The van der Waals surface area contributed by atoms with Crippen LogP contribution in [-0.2, 0) is 0 Å². The molecule has 1 aliphatic heterocycles. The number of aryl methyl sites for hydroxylation is 1. The van der Waals surface area contributed by atoms with E-state index in [9.17, 15) is 14.7 Å². The molecule has 4 rings (SSSR count). The first-order valence-corrected chi connectivity index (χ1v) is 8.40. The molecule has 1 atom stereocenters. The molecule has 1 amide bonds. The standard InChI is InChI=1S/C15H15N5O3S/c1-7-8(6-16-19-7)11-5-9-12(24-11)14(21)18-13(17-9)10-3-2-4-20(10)15(22)23/h5-6,10H,2-4H2,1H3,(H,16,19)(H,22,23)(H,17,18,21)/t10-/m0/s1. The molecule has 4 heterocycles.